The Morgan fingerprint density at radius 2 is 1.76 bits per heavy atom. The van der Waals surface area contributed by atoms with Gasteiger partial charge in [-0.15, -0.1) is 0 Å². The third-order valence-corrected chi connectivity index (χ3v) is 4.34. The minimum absolute atomic E-state index is 0.136. The average molecular weight is 237 g/mol. The second kappa shape index (κ2) is 4.48. The fraction of sp³-hybridized carbons (Fsp3) is 0.923. The zero-order chi connectivity index (χ0) is 11.8. The highest BCUT2D eigenvalue weighted by atomic mass is 16.2. The van der Waals surface area contributed by atoms with Crippen molar-refractivity contribution in [3.63, 3.8) is 0 Å². The van der Waals surface area contributed by atoms with Gasteiger partial charge in [-0.1, -0.05) is 0 Å². The Morgan fingerprint density at radius 1 is 1.12 bits per heavy atom. The van der Waals surface area contributed by atoms with E-state index in [2.05, 4.69) is 10.2 Å². The number of likely N-dealkylation sites (tertiary alicyclic amines) is 1. The molecule has 2 aliphatic carbocycles. The minimum Gasteiger partial charge on any atom is -0.335 e. The summed E-state index contributed by atoms with van der Waals surface area (Å²) >= 11 is 0. The van der Waals surface area contributed by atoms with Gasteiger partial charge in [0.1, 0.15) is 0 Å². The molecule has 1 N–H and O–H groups in total. The molecular formula is C13H23N3O. The molecule has 0 aromatic heterocycles. The van der Waals surface area contributed by atoms with Crippen molar-refractivity contribution in [1.29, 1.82) is 0 Å². The van der Waals surface area contributed by atoms with E-state index in [1.807, 2.05) is 11.9 Å². The number of hydrogen-bond donors (Lipinski definition) is 1. The monoisotopic (exact) mass is 237 g/mol. The number of hydrogen-bond acceptors (Lipinski definition) is 2. The zero-order valence-electron chi connectivity index (χ0n) is 10.7. The van der Waals surface area contributed by atoms with Crippen molar-refractivity contribution in [3.8, 4) is 0 Å². The summed E-state index contributed by atoms with van der Waals surface area (Å²) in [6.07, 6.45) is 7.40. The van der Waals surface area contributed by atoms with Gasteiger partial charge in [-0.3, -0.25) is 0 Å². The number of carbonyl (C=O) groups excluding carboxylic acids is 1. The molecule has 0 radical (unpaired) electrons. The number of nitrogens with one attached hydrogen (secondary N) is 1. The van der Waals surface area contributed by atoms with Gasteiger partial charge < -0.3 is 15.1 Å². The molecule has 4 nitrogen and oxygen atoms in total. The summed E-state index contributed by atoms with van der Waals surface area (Å²) in [6, 6.07) is 1.93. The first-order valence-corrected chi connectivity index (χ1v) is 7.01. The first-order valence-electron chi connectivity index (χ1n) is 7.01. The fourth-order valence-corrected chi connectivity index (χ4v) is 2.75. The van der Waals surface area contributed by atoms with Gasteiger partial charge in [0, 0.05) is 38.3 Å². The van der Waals surface area contributed by atoms with Crippen LogP contribution >= 0.6 is 0 Å². The van der Waals surface area contributed by atoms with Crippen LogP contribution in [0.2, 0.25) is 0 Å². The van der Waals surface area contributed by atoms with Crippen LogP contribution in [0.5, 0.6) is 0 Å². The van der Waals surface area contributed by atoms with Crippen LogP contribution in [-0.2, 0) is 0 Å². The molecule has 3 rings (SSSR count). The normalized spacial score (nSPS) is 26.9. The summed E-state index contributed by atoms with van der Waals surface area (Å²) in [4.78, 5) is 16.4. The zero-order valence-corrected chi connectivity index (χ0v) is 10.7. The number of rotatable bonds is 3. The smallest absolute Gasteiger partial charge is 0.317 e. The number of carbonyl (C=O) groups is 1. The summed E-state index contributed by atoms with van der Waals surface area (Å²) < 4.78 is 0. The number of nitrogens with zero attached hydrogens (tertiary/aromatic N) is 2. The predicted molar refractivity (Wildman–Crippen MR) is 66.9 cm³/mol. The lowest BCUT2D eigenvalue weighted by Gasteiger charge is -2.33. The molecule has 1 saturated heterocycles. The molecule has 0 atom stereocenters. The van der Waals surface area contributed by atoms with Crippen LogP contribution in [0.25, 0.3) is 0 Å². The highest BCUT2D eigenvalue weighted by Gasteiger charge is 2.34. The van der Waals surface area contributed by atoms with Gasteiger partial charge in [0.2, 0.25) is 0 Å². The quantitative estimate of drug-likeness (QED) is 0.805. The van der Waals surface area contributed by atoms with Crippen LogP contribution < -0.4 is 5.32 Å². The maximum absolute atomic E-state index is 11.9. The first-order chi connectivity index (χ1) is 8.24. The van der Waals surface area contributed by atoms with E-state index < -0.39 is 0 Å². The molecule has 0 spiro atoms. The van der Waals surface area contributed by atoms with E-state index >= 15 is 0 Å². The van der Waals surface area contributed by atoms with E-state index in [0.29, 0.717) is 12.1 Å². The Hall–Kier alpha value is -0.770. The van der Waals surface area contributed by atoms with Gasteiger partial charge in [0.15, 0.2) is 0 Å². The van der Waals surface area contributed by atoms with Gasteiger partial charge in [-0.25, -0.2) is 4.79 Å². The van der Waals surface area contributed by atoms with Gasteiger partial charge in [-0.2, -0.15) is 0 Å². The lowest BCUT2D eigenvalue weighted by Crippen LogP contribution is -2.49. The van der Waals surface area contributed by atoms with Crippen molar-refractivity contribution in [3.05, 3.63) is 0 Å². The Balaban J connectivity index is 1.41. The average Bonchev–Trinajstić information content (AvgIpc) is 3.18. The van der Waals surface area contributed by atoms with Crippen LogP contribution in [0.1, 0.15) is 38.5 Å². The van der Waals surface area contributed by atoms with Crippen LogP contribution in [0, 0.1) is 0 Å². The summed E-state index contributed by atoms with van der Waals surface area (Å²) in [5.74, 6) is 0. The molecule has 3 fully saturated rings. The Morgan fingerprint density at radius 3 is 2.29 bits per heavy atom. The standard InChI is InChI=1S/C13H23N3O/c1-15(11-2-3-11)13(17)14-10-6-8-16(9-7-10)12-4-5-12/h10-12H,2-9H2,1H3,(H,14,17). The molecule has 0 aromatic rings. The van der Waals surface area contributed by atoms with Gasteiger partial charge in [0.25, 0.3) is 0 Å². The molecule has 4 heteroatoms. The summed E-state index contributed by atoms with van der Waals surface area (Å²) in [5, 5.41) is 3.18. The lowest BCUT2D eigenvalue weighted by molar-refractivity contribution is 0.172. The van der Waals surface area contributed by atoms with Crippen LogP contribution in [0.3, 0.4) is 0 Å². The molecule has 0 aromatic carbocycles. The Kier molecular flexibility index (Phi) is 2.99. The topological polar surface area (TPSA) is 35.6 Å². The van der Waals surface area contributed by atoms with Crippen molar-refractivity contribution in [2.75, 3.05) is 20.1 Å². The maximum atomic E-state index is 11.9. The van der Waals surface area contributed by atoms with Crippen molar-refractivity contribution >= 4 is 6.03 Å². The largest absolute Gasteiger partial charge is 0.335 e. The summed E-state index contributed by atoms with van der Waals surface area (Å²) in [5.41, 5.74) is 0. The molecule has 1 heterocycles. The Bertz CT molecular complexity index is 291. The van der Waals surface area contributed by atoms with Gasteiger partial charge in [-0.05, 0) is 38.5 Å². The molecule has 2 amide bonds. The van der Waals surface area contributed by atoms with E-state index in [1.54, 1.807) is 0 Å². The van der Waals surface area contributed by atoms with Crippen LogP contribution in [-0.4, -0.2) is 54.1 Å². The molecule has 3 aliphatic rings. The van der Waals surface area contributed by atoms with Crippen LogP contribution in [0.4, 0.5) is 4.79 Å². The second-order valence-corrected chi connectivity index (χ2v) is 5.83. The second-order valence-electron chi connectivity index (χ2n) is 5.83. The third-order valence-electron chi connectivity index (χ3n) is 4.34. The van der Waals surface area contributed by atoms with E-state index in [-0.39, 0.29) is 6.03 Å². The molecule has 96 valence electrons. The Labute approximate surface area is 103 Å². The highest BCUT2D eigenvalue weighted by molar-refractivity contribution is 5.74. The van der Waals surface area contributed by atoms with E-state index in [0.717, 1.165) is 18.9 Å². The van der Waals surface area contributed by atoms with Gasteiger partial charge >= 0.3 is 6.03 Å². The van der Waals surface area contributed by atoms with E-state index in [4.69, 9.17) is 0 Å². The van der Waals surface area contributed by atoms with Gasteiger partial charge in [0.05, 0.1) is 0 Å². The summed E-state index contributed by atoms with van der Waals surface area (Å²) in [6.45, 7) is 2.34. The SMILES string of the molecule is CN(C(=O)NC1CCN(C2CC2)CC1)C1CC1. The van der Waals surface area contributed by atoms with E-state index in [1.165, 1.54) is 38.8 Å². The highest BCUT2D eigenvalue weighted by Crippen LogP contribution is 2.29. The molecule has 17 heavy (non-hydrogen) atoms. The van der Waals surface area contributed by atoms with Crippen molar-refractivity contribution in [2.45, 2.75) is 56.7 Å². The maximum Gasteiger partial charge on any atom is 0.317 e. The molecule has 2 saturated carbocycles. The molecule has 0 bridgehead atoms. The number of piperidine rings is 1. The fourth-order valence-electron chi connectivity index (χ4n) is 2.75. The summed E-state index contributed by atoms with van der Waals surface area (Å²) in [7, 11) is 1.92. The third kappa shape index (κ3) is 2.73. The van der Waals surface area contributed by atoms with Crippen molar-refractivity contribution in [2.24, 2.45) is 0 Å². The first kappa shape index (κ1) is 11.3. The van der Waals surface area contributed by atoms with Crippen molar-refractivity contribution in [1.82, 2.24) is 15.1 Å². The van der Waals surface area contributed by atoms with Crippen molar-refractivity contribution < 1.29 is 4.79 Å². The van der Waals surface area contributed by atoms with Crippen LogP contribution in [0.15, 0.2) is 0 Å². The molecule has 0 unspecified atom stereocenters. The predicted octanol–water partition coefficient (Wildman–Crippen LogP) is 1.42. The number of amides is 2. The minimum atomic E-state index is 0.136. The number of urea groups is 1. The molecule has 1 aliphatic heterocycles. The van der Waals surface area contributed by atoms with E-state index in [9.17, 15) is 4.79 Å². The lowest BCUT2D eigenvalue weighted by atomic mass is 10.1. The molecular weight excluding hydrogens is 214 g/mol.